The minimum absolute atomic E-state index is 0.0648. The summed E-state index contributed by atoms with van der Waals surface area (Å²) in [6, 6.07) is 18.6. The first-order valence-electron chi connectivity index (χ1n) is 10.9. The van der Waals surface area contributed by atoms with Crippen LogP contribution in [0.15, 0.2) is 66.9 Å². The van der Waals surface area contributed by atoms with Gasteiger partial charge in [-0.1, -0.05) is 36.4 Å². The Kier molecular flexibility index (Phi) is 6.74. The van der Waals surface area contributed by atoms with Crippen molar-refractivity contribution in [3.63, 3.8) is 0 Å². The Morgan fingerprint density at radius 2 is 1.88 bits per heavy atom. The number of anilines is 1. The van der Waals surface area contributed by atoms with E-state index < -0.39 is 5.60 Å². The molecule has 1 fully saturated rings. The summed E-state index contributed by atoms with van der Waals surface area (Å²) in [7, 11) is 1.56. The van der Waals surface area contributed by atoms with Gasteiger partial charge in [0.15, 0.2) is 11.4 Å². The lowest BCUT2D eigenvalue weighted by molar-refractivity contribution is -0.153. The van der Waals surface area contributed by atoms with Gasteiger partial charge >= 0.3 is 0 Å². The molecule has 0 unspecified atom stereocenters. The van der Waals surface area contributed by atoms with E-state index in [0.717, 1.165) is 17.7 Å². The number of rotatable bonds is 7. The molecule has 8 nitrogen and oxygen atoms in total. The summed E-state index contributed by atoms with van der Waals surface area (Å²) in [6.07, 6.45) is 2.62. The molecular weight excluding hydrogens is 418 g/mol. The molecule has 3 aromatic rings. The number of nitrogens with one attached hydrogen (secondary N) is 1. The number of amides is 2. The quantitative estimate of drug-likeness (QED) is 0.601. The molecule has 0 spiro atoms. The number of likely N-dealkylation sites (tertiary alicyclic amines) is 1. The number of ether oxygens (including phenoxy) is 1. The van der Waals surface area contributed by atoms with Crippen molar-refractivity contribution in [2.45, 2.75) is 31.3 Å². The Balaban J connectivity index is 1.37. The third-order valence-corrected chi connectivity index (χ3v) is 6.06. The molecule has 2 atom stereocenters. The second-order valence-electron chi connectivity index (χ2n) is 8.23. The number of hydrogen-bond acceptors (Lipinski definition) is 6. The average molecular weight is 446 g/mol. The van der Waals surface area contributed by atoms with Gasteiger partial charge in [0.2, 0.25) is 5.91 Å². The first-order chi connectivity index (χ1) is 16.0. The van der Waals surface area contributed by atoms with Gasteiger partial charge in [-0.25, -0.2) is 0 Å². The van der Waals surface area contributed by atoms with Crippen LogP contribution in [0, 0.1) is 0 Å². The second-order valence-corrected chi connectivity index (χ2v) is 8.23. The molecule has 0 bridgehead atoms. The van der Waals surface area contributed by atoms with Crippen molar-refractivity contribution in [3.8, 4) is 0 Å². The lowest BCUT2D eigenvalue weighted by Crippen LogP contribution is -2.45. The fourth-order valence-electron chi connectivity index (χ4n) is 4.05. The highest BCUT2D eigenvalue weighted by Crippen LogP contribution is 2.32. The highest BCUT2D eigenvalue weighted by Gasteiger charge is 2.41. The molecule has 1 N–H and O–H groups in total. The Labute approximate surface area is 193 Å². The Morgan fingerprint density at radius 3 is 2.55 bits per heavy atom. The molecule has 3 heterocycles. The van der Waals surface area contributed by atoms with Crippen molar-refractivity contribution in [1.82, 2.24) is 20.1 Å². The molecule has 1 aromatic carbocycles. The van der Waals surface area contributed by atoms with E-state index in [9.17, 15) is 9.59 Å². The van der Waals surface area contributed by atoms with Crippen LogP contribution in [0.1, 0.15) is 36.2 Å². The van der Waals surface area contributed by atoms with Gasteiger partial charge in [0, 0.05) is 38.0 Å². The summed E-state index contributed by atoms with van der Waals surface area (Å²) in [4.78, 5) is 31.5. The van der Waals surface area contributed by atoms with Crippen molar-refractivity contribution >= 4 is 17.6 Å². The molecule has 2 amide bonds. The van der Waals surface area contributed by atoms with Gasteiger partial charge in [0.1, 0.15) is 0 Å². The highest BCUT2D eigenvalue weighted by atomic mass is 16.5. The number of benzene rings is 1. The molecule has 0 aliphatic carbocycles. The summed E-state index contributed by atoms with van der Waals surface area (Å²) in [6.45, 7) is 2.98. The minimum atomic E-state index is -1.04. The molecule has 4 rings (SSSR count). The normalized spacial score (nSPS) is 17.4. The average Bonchev–Trinajstić information content (AvgIpc) is 3.35. The minimum Gasteiger partial charge on any atom is -0.364 e. The van der Waals surface area contributed by atoms with E-state index in [-0.39, 0.29) is 24.2 Å². The predicted octanol–water partition coefficient (Wildman–Crippen LogP) is 2.93. The summed E-state index contributed by atoms with van der Waals surface area (Å²) >= 11 is 0. The Morgan fingerprint density at radius 1 is 1.09 bits per heavy atom. The van der Waals surface area contributed by atoms with Gasteiger partial charge in [0.25, 0.3) is 5.91 Å². The molecule has 0 radical (unpaired) electrons. The molecular formula is C25H27N5O3. The van der Waals surface area contributed by atoms with Crippen LogP contribution in [0.25, 0.3) is 0 Å². The summed E-state index contributed by atoms with van der Waals surface area (Å²) < 4.78 is 5.67. The van der Waals surface area contributed by atoms with E-state index in [1.807, 2.05) is 47.4 Å². The topological polar surface area (TPSA) is 97.3 Å². The summed E-state index contributed by atoms with van der Waals surface area (Å²) in [5.41, 5.74) is 1.27. The molecule has 2 aromatic heterocycles. The van der Waals surface area contributed by atoms with Crippen molar-refractivity contribution in [1.29, 1.82) is 0 Å². The molecule has 8 heteroatoms. The molecule has 170 valence electrons. The SMILES string of the molecule is CO[C@](C)(C(=O)N1CC[C@@H](c2ccc(NC(=O)Cc3ccccn3)nn2)C1)c1ccccc1. The maximum absolute atomic E-state index is 13.3. The van der Waals surface area contributed by atoms with Crippen LogP contribution in [0.3, 0.4) is 0 Å². The van der Waals surface area contributed by atoms with Gasteiger partial charge < -0.3 is 15.0 Å². The fraction of sp³-hybridized carbons (Fsp3) is 0.320. The smallest absolute Gasteiger partial charge is 0.259 e. The maximum atomic E-state index is 13.3. The third kappa shape index (κ3) is 5.06. The van der Waals surface area contributed by atoms with Crippen LogP contribution in [-0.2, 0) is 26.3 Å². The van der Waals surface area contributed by atoms with Crippen molar-refractivity contribution in [2.75, 3.05) is 25.5 Å². The van der Waals surface area contributed by atoms with E-state index in [4.69, 9.17) is 4.74 Å². The Bertz CT molecular complexity index is 1090. The van der Waals surface area contributed by atoms with E-state index in [0.29, 0.717) is 24.6 Å². The number of methoxy groups -OCH3 is 1. The van der Waals surface area contributed by atoms with E-state index >= 15 is 0 Å². The van der Waals surface area contributed by atoms with Gasteiger partial charge in [-0.15, -0.1) is 5.10 Å². The summed E-state index contributed by atoms with van der Waals surface area (Å²) in [5.74, 6) is 0.205. The molecule has 1 aliphatic rings. The monoisotopic (exact) mass is 445 g/mol. The van der Waals surface area contributed by atoms with Crippen LogP contribution in [0.2, 0.25) is 0 Å². The number of pyridine rings is 1. The van der Waals surface area contributed by atoms with Crippen molar-refractivity contribution < 1.29 is 14.3 Å². The number of aromatic nitrogens is 3. The van der Waals surface area contributed by atoms with Crippen molar-refractivity contribution in [3.05, 3.63) is 83.8 Å². The largest absolute Gasteiger partial charge is 0.364 e. The number of carbonyl (C=O) groups is 2. The standard InChI is InChI=1S/C25H27N5O3/c1-25(33-2,19-8-4-3-5-9-19)24(32)30-15-13-18(17-30)21-11-12-22(29-28-21)27-23(31)16-20-10-6-7-14-26-20/h3-12,14,18H,13,15-17H2,1-2H3,(H,27,29,31)/t18-,25+/m1/s1. The van der Waals surface area contributed by atoms with Crippen LogP contribution in [0.4, 0.5) is 5.82 Å². The number of nitrogens with zero attached hydrogens (tertiary/aromatic N) is 4. The lowest BCUT2D eigenvalue weighted by atomic mass is 9.94. The van der Waals surface area contributed by atoms with Gasteiger partial charge in [-0.05, 0) is 43.2 Å². The predicted molar refractivity (Wildman–Crippen MR) is 123 cm³/mol. The first-order valence-corrected chi connectivity index (χ1v) is 10.9. The lowest BCUT2D eigenvalue weighted by Gasteiger charge is -2.32. The van der Waals surface area contributed by atoms with Gasteiger partial charge in [-0.2, -0.15) is 5.10 Å². The van der Waals surface area contributed by atoms with E-state index in [1.165, 1.54) is 0 Å². The first kappa shape index (κ1) is 22.5. The van der Waals surface area contributed by atoms with Gasteiger partial charge in [0.05, 0.1) is 12.1 Å². The highest BCUT2D eigenvalue weighted by molar-refractivity contribution is 5.91. The van der Waals surface area contributed by atoms with Crippen LogP contribution >= 0.6 is 0 Å². The number of carbonyl (C=O) groups excluding carboxylic acids is 2. The van der Waals surface area contributed by atoms with Crippen LogP contribution < -0.4 is 5.32 Å². The molecule has 0 saturated carbocycles. The summed E-state index contributed by atoms with van der Waals surface area (Å²) in [5, 5.41) is 11.2. The van der Waals surface area contributed by atoms with Gasteiger partial charge in [-0.3, -0.25) is 14.6 Å². The van der Waals surface area contributed by atoms with E-state index in [1.54, 1.807) is 38.4 Å². The molecule has 1 saturated heterocycles. The van der Waals surface area contributed by atoms with Crippen LogP contribution in [-0.4, -0.2) is 52.1 Å². The maximum Gasteiger partial charge on any atom is 0.259 e. The second kappa shape index (κ2) is 9.87. The zero-order valence-corrected chi connectivity index (χ0v) is 18.8. The Hall–Kier alpha value is -3.65. The molecule has 1 aliphatic heterocycles. The van der Waals surface area contributed by atoms with Crippen molar-refractivity contribution in [2.24, 2.45) is 0 Å². The fourth-order valence-corrected chi connectivity index (χ4v) is 4.05. The van der Waals surface area contributed by atoms with Crippen LogP contribution in [0.5, 0.6) is 0 Å². The third-order valence-electron chi connectivity index (χ3n) is 6.06. The number of hydrogen-bond donors (Lipinski definition) is 1. The van der Waals surface area contributed by atoms with E-state index in [2.05, 4.69) is 20.5 Å². The molecule has 33 heavy (non-hydrogen) atoms. The zero-order chi connectivity index (χ0) is 23.3. The zero-order valence-electron chi connectivity index (χ0n) is 18.8.